The molecule has 0 aromatic rings. The van der Waals surface area contributed by atoms with Gasteiger partial charge in [-0.2, -0.15) is 11.8 Å². The predicted molar refractivity (Wildman–Crippen MR) is 34.2 cm³/mol. The van der Waals surface area contributed by atoms with E-state index in [0.717, 1.165) is 0 Å². The summed E-state index contributed by atoms with van der Waals surface area (Å²) in [6, 6.07) is 0. The molecule has 0 aromatic carbocycles. The summed E-state index contributed by atoms with van der Waals surface area (Å²) in [6.45, 7) is -0.133. The van der Waals surface area contributed by atoms with E-state index in [-0.39, 0.29) is 11.9 Å². The first kappa shape index (κ1) is 7.31. The van der Waals surface area contributed by atoms with Crippen molar-refractivity contribution < 1.29 is 14.6 Å². The smallest absolute Gasteiger partial charge is 0.136 e. The second kappa shape index (κ2) is 2.86. The number of hydrogen-bond donors (Lipinski definition) is 2. The van der Waals surface area contributed by atoms with Crippen LogP contribution in [0.5, 0.6) is 0 Å². The Morgan fingerprint density at radius 3 is 2.56 bits per heavy atom. The molecule has 2 N–H and O–H groups in total. The third-order valence-corrected chi connectivity index (χ3v) is 2.77. The molecule has 0 aliphatic carbocycles. The van der Waals surface area contributed by atoms with Gasteiger partial charge in [0.05, 0.1) is 11.9 Å². The van der Waals surface area contributed by atoms with Gasteiger partial charge in [0.2, 0.25) is 0 Å². The zero-order valence-corrected chi connectivity index (χ0v) is 5.64. The molecule has 3 atom stereocenters. The Labute approximate surface area is 57.1 Å². The molecule has 1 aliphatic heterocycles. The summed E-state index contributed by atoms with van der Waals surface area (Å²) in [5.41, 5.74) is 0. The van der Waals surface area contributed by atoms with E-state index in [0.29, 0.717) is 5.75 Å². The summed E-state index contributed by atoms with van der Waals surface area (Å²) in [5.74, 6) is 0.312. The Hall–Kier alpha value is 0.200. The van der Waals surface area contributed by atoms with E-state index in [1.54, 1.807) is 0 Å². The van der Waals surface area contributed by atoms with E-state index in [1.807, 2.05) is 0 Å². The van der Waals surface area contributed by atoms with Crippen LogP contribution in [0.3, 0.4) is 0 Å². The fourth-order valence-electron chi connectivity index (χ4n) is 0.806. The van der Waals surface area contributed by atoms with Gasteiger partial charge in [-0.3, -0.25) is 0 Å². The summed E-state index contributed by atoms with van der Waals surface area (Å²) >= 11 is 1.28. The first-order valence-corrected chi connectivity index (χ1v) is 3.85. The summed E-state index contributed by atoms with van der Waals surface area (Å²) in [5, 5.41) is 17.1. The monoisotopic (exact) mass is 152 g/mol. The second-order valence-corrected chi connectivity index (χ2v) is 3.33. The largest absolute Gasteiger partial charge is 0.395 e. The molecule has 1 heterocycles. The minimum atomic E-state index is -1.15. The van der Waals surface area contributed by atoms with Crippen molar-refractivity contribution in [3.63, 3.8) is 0 Å². The van der Waals surface area contributed by atoms with E-state index >= 15 is 0 Å². The van der Waals surface area contributed by atoms with E-state index < -0.39 is 12.3 Å². The van der Waals surface area contributed by atoms with Crippen LogP contribution in [-0.2, 0) is 0 Å². The van der Waals surface area contributed by atoms with Crippen molar-refractivity contribution in [2.75, 3.05) is 12.4 Å². The molecule has 0 saturated carbocycles. The number of halogens is 1. The predicted octanol–water partition coefficient (Wildman–Crippen LogP) is -0.207. The molecule has 1 aliphatic rings. The minimum absolute atomic E-state index is 0.133. The minimum Gasteiger partial charge on any atom is -0.395 e. The van der Waals surface area contributed by atoms with Gasteiger partial charge in [0, 0.05) is 5.75 Å². The number of thioether (sulfide) groups is 1. The molecule has 1 rings (SSSR count). The van der Waals surface area contributed by atoms with Crippen molar-refractivity contribution in [2.45, 2.75) is 17.5 Å². The lowest BCUT2D eigenvalue weighted by Crippen LogP contribution is -2.28. The van der Waals surface area contributed by atoms with Crippen LogP contribution in [0.1, 0.15) is 0 Å². The summed E-state index contributed by atoms with van der Waals surface area (Å²) in [4.78, 5) is 0. The standard InChI is InChI=1S/C5H9FO2S/c6-3-2-9-4(1-7)5(3)8/h3-5,7-8H,1-2H2/t3-,4-,5+/m1/s1. The van der Waals surface area contributed by atoms with Gasteiger partial charge in [-0.15, -0.1) is 0 Å². The van der Waals surface area contributed by atoms with E-state index in [2.05, 4.69) is 0 Å². The van der Waals surface area contributed by atoms with Gasteiger partial charge in [0.15, 0.2) is 0 Å². The van der Waals surface area contributed by atoms with Gasteiger partial charge in [-0.1, -0.05) is 0 Å². The van der Waals surface area contributed by atoms with Crippen molar-refractivity contribution >= 4 is 11.8 Å². The lowest BCUT2D eigenvalue weighted by atomic mass is 10.2. The molecule has 0 amide bonds. The maximum Gasteiger partial charge on any atom is 0.136 e. The van der Waals surface area contributed by atoms with Crippen molar-refractivity contribution in [1.29, 1.82) is 0 Å². The normalized spacial score (nSPS) is 43.7. The zero-order chi connectivity index (χ0) is 6.85. The number of hydrogen-bond acceptors (Lipinski definition) is 3. The van der Waals surface area contributed by atoms with Gasteiger partial charge < -0.3 is 10.2 Å². The highest BCUT2D eigenvalue weighted by Gasteiger charge is 2.34. The topological polar surface area (TPSA) is 40.5 Å². The van der Waals surface area contributed by atoms with Crippen LogP contribution in [0.25, 0.3) is 0 Å². The van der Waals surface area contributed by atoms with Gasteiger partial charge >= 0.3 is 0 Å². The number of aliphatic hydroxyl groups excluding tert-OH is 2. The van der Waals surface area contributed by atoms with Crippen molar-refractivity contribution in [3.05, 3.63) is 0 Å². The molecule has 0 bridgehead atoms. The zero-order valence-electron chi connectivity index (χ0n) is 4.83. The van der Waals surface area contributed by atoms with Crippen LogP contribution in [0.15, 0.2) is 0 Å². The molecule has 0 aromatic heterocycles. The maximum absolute atomic E-state index is 12.4. The highest BCUT2D eigenvalue weighted by atomic mass is 32.2. The molecule has 0 spiro atoms. The van der Waals surface area contributed by atoms with Crippen molar-refractivity contribution in [1.82, 2.24) is 0 Å². The summed E-state index contributed by atoms with van der Waals surface area (Å²) < 4.78 is 12.4. The van der Waals surface area contributed by atoms with Crippen LogP contribution in [0.2, 0.25) is 0 Å². The van der Waals surface area contributed by atoms with Gasteiger partial charge in [0.1, 0.15) is 12.3 Å². The number of rotatable bonds is 1. The Bertz CT molecular complexity index is 101. The first-order chi connectivity index (χ1) is 4.25. The molecule has 9 heavy (non-hydrogen) atoms. The fourth-order valence-corrected chi connectivity index (χ4v) is 1.91. The van der Waals surface area contributed by atoms with Crippen molar-refractivity contribution in [2.24, 2.45) is 0 Å². The van der Waals surface area contributed by atoms with Crippen LogP contribution < -0.4 is 0 Å². The van der Waals surface area contributed by atoms with Gasteiger partial charge in [-0.25, -0.2) is 4.39 Å². The summed E-state index contributed by atoms with van der Waals surface area (Å²) in [6.07, 6.45) is -2.10. The van der Waals surface area contributed by atoms with E-state index in [1.165, 1.54) is 11.8 Å². The Morgan fingerprint density at radius 1 is 1.67 bits per heavy atom. The lowest BCUT2D eigenvalue weighted by molar-refractivity contribution is 0.0816. The first-order valence-electron chi connectivity index (χ1n) is 2.80. The third kappa shape index (κ3) is 1.36. The van der Waals surface area contributed by atoms with E-state index in [4.69, 9.17) is 10.2 Å². The average Bonchev–Trinajstić information content (AvgIpc) is 2.15. The van der Waals surface area contributed by atoms with Crippen LogP contribution in [-0.4, -0.2) is 40.1 Å². The fraction of sp³-hybridized carbons (Fsp3) is 1.00. The molecule has 2 nitrogen and oxygen atoms in total. The number of aliphatic hydroxyl groups is 2. The molecule has 0 radical (unpaired) electrons. The maximum atomic E-state index is 12.4. The molecular formula is C5H9FO2S. The lowest BCUT2D eigenvalue weighted by Gasteiger charge is -2.09. The van der Waals surface area contributed by atoms with E-state index in [9.17, 15) is 4.39 Å². The van der Waals surface area contributed by atoms with Crippen LogP contribution in [0, 0.1) is 0 Å². The Morgan fingerprint density at radius 2 is 2.33 bits per heavy atom. The summed E-state index contributed by atoms with van der Waals surface area (Å²) in [7, 11) is 0. The SMILES string of the molecule is OC[C@H]1SC[C@@H](F)[C@@H]1O. The molecule has 1 saturated heterocycles. The second-order valence-electron chi connectivity index (χ2n) is 2.06. The highest BCUT2D eigenvalue weighted by molar-refractivity contribution is 8.00. The molecule has 0 unspecified atom stereocenters. The molecule has 54 valence electrons. The number of alkyl halides is 1. The Balaban J connectivity index is 2.41. The molecular weight excluding hydrogens is 143 g/mol. The highest BCUT2D eigenvalue weighted by Crippen LogP contribution is 2.28. The average molecular weight is 152 g/mol. The quantitative estimate of drug-likeness (QED) is 0.546. The van der Waals surface area contributed by atoms with Gasteiger partial charge in [0.25, 0.3) is 0 Å². The Kier molecular flexibility index (Phi) is 2.32. The van der Waals surface area contributed by atoms with Gasteiger partial charge in [-0.05, 0) is 0 Å². The molecule has 4 heteroatoms. The van der Waals surface area contributed by atoms with Crippen LogP contribution in [0.4, 0.5) is 4.39 Å². The molecule has 1 fully saturated rings. The third-order valence-electron chi connectivity index (χ3n) is 1.40. The van der Waals surface area contributed by atoms with Crippen molar-refractivity contribution in [3.8, 4) is 0 Å². The van der Waals surface area contributed by atoms with Crippen LogP contribution >= 0.6 is 11.8 Å².